The molecule has 0 bridgehead atoms. The molecule has 4 nitrogen and oxygen atoms in total. The molecule has 3 aromatic rings. The van der Waals surface area contributed by atoms with Gasteiger partial charge in [0.15, 0.2) is 0 Å². The van der Waals surface area contributed by atoms with Crippen molar-refractivity contribution in [1.82, 2.24) is 0 Å². The summed E-state index contributed by atoms with van der Waals surface area (Å²) >= 11 is 0. The molecule has 0 fully saturated rings. The molecule has 1 aliphatic rings. The minimum absolute atomic E-state index is 0.132. The number of nitrogens with two attached hydrogens (primary N) is 1. The lowest BCUT2D eigenvalue weighted by Gasteiger charge is -2.15. The zero-order valence-corrected chi connectivity index (χ0v) is 15.1. The first kappa shape index (κ1) is 16.9. The van der Waals surface area contributed by atoms with Crippen LogP contribution in [0.5, 0.6) is 0 Å². The molecule has 0 radical (unpaired) electrons. The van der Waals surface area contributed by atoms with Crippen LogP contribution in [0.2, 0.25) is 0 Å². The van der Waals surface area contributed by atoms with Crippen LogP contribution in [0.15, 0.2) is 72.8 Å². The van der Waals surface area contributed by atoms with E-state index in [0.717, 1.165) is 34.6 Å². The second kappa shape index (κ2) is 7.00. The summed E-state index contributed by atoms with van der Waals surface area (Å²) < 4.78 is 0. The molecule has 27 heavy (non-hydrogen) atoms. The molecule has 134 valence electrons. The number of amides is 1. The third-order valence-electron chi connectivity index (χ3n) is 4.73. The molecule has 4 N–H and O–H groups in total. The van der Waals surface area contributed by atoms with Crippen molar-refractivity contribution >= 4 is 34.2 Å². The predicted molar refractivity (Wildman–Crippen MR) is 112 cm³/mol. The van der Waals surface area contributed by atoms with Crippen LogP contribution in [0, 0.1) is 0 Å². The Kier molecular flexibility index (Phi) is 4.38. The van der Waals surface area contributed by atoms with Crippen molar-refractivity contribution in [3.63, 3.8) is 0 Å². The summed E-state index contributed by atoms with van der Waals surface area (Å²) in [6.45, 7) is 2.13. The van der Waals surface area contributed by atoms with Gasteiger partial charge >= 0.3 is 0 Å². The Bertz CT molecular complexity index is 1020. The van der Waals surface area contributed by atoms with E-state index in [1.54, 1.807) is 6.07 Å². The number of anilines is 3. The van der Waals surface area contributed by atoms with E-state index in [0.29, 0.717) is 11.3 Å². The minimum atomic E-state index is -0.132. The summed E-state index contributed by atoms with van der Waals surface area (Å²) in [5.41, 5.74) is 12.7. The molecular weight excluding hydrogens is 334 g/mol. The summed E-state index contributed by atoms with van der Waals surface area (Å²) in [5.74, 6) is -0.132. The number of carbonyl (C=O) groups is 1. The van der Waals surface area contributed by atoms with E-state index in [-0.39, 0.29) is 5.91 Å². The van der Waals surface area contributed by atoms with Gasteiger partial charge in [0.2, 0.25) is 0 Å². The Morgan fingerprint density at radius 3 is 2.44 bits per heavy atom. The van der Waals surface area contributed by atoms with E-state index in [9.17, 15) is 4.79 Å². The first-order chi connectivity index (χ1) is 13.2. The van der Waals surface area contributed by atoms with Crippen molar-refractivity contribution in [3.8, 4) is 0 Å². The number of rotatable bonds is 4. The van der Waals surface area contributed by atoms with Crippen molar-refractivity contribution < 1.29 is 4.79 Å². The second-order valence-corrected chi connectivity index (χ2v) is 6.55. The summed E-state index contributed by atoms with van der Waals surface area (Å²) in [6.07, 6.45) is 0.988. The van der Waals surface area contributed by atoms with Crippen LogP contribution in [-0.4, -0.2) is 5.91 Å². The van der Waals surface area contributed by atoms with Crippen molar-refractivity contribution in [2.75, 3.05) is 16.4 Å². The van der Waals surface area contributed by atoms with Crippen LogP contribution >= 0.6 is 0 Å². The normalized spacial score (nSPS) is 14.5. The first-order valence-corrected chi connectivity index (χ1v) is 9.02. The van der Waals surface area contributed by atoms with E-state index in [1.807, 2.05) is 54.6 Å². The van der Waals surface area contributed by atoms with Gasteiger partial charge in [-0.1, -0.05) is 49.4 Å². The lowest BCUT2D eigenvalue weighted by Crippen LogP contribution is -2.10. The molecule has 3 aromatic carbocycles. The third kappa shape index (κ3) is 3.29. The SMILES string of the molecule is CCc1ccc(N/C(=C2\C(=O)Nc3ccc(N)cc32)c2ccccc2)cc1. The zero-order chi connectivity index (χ0) is 18.8. The molecule has 1 heterocycles. The number of hydrogen-bond acceptors (Lipinski definition) is 3. The van der Waals surface area contributed by atoms with E-state index in [2.05, 4.69) is 29.7 Å². The molecule has 0 aliphatic carbocycles. The maximum absolute atomic E-state index is 12.8. The van der Waals surface area contributed by atoms with Gasteiger partial charge in [0, 0.05) is 22.6 Å². The molecule has 4 heteroatoms. The number of nitrogen functional groups attached to an aromatic ring is 1. The number of carbonyl (C=O) groups excluding carboxylic acids is 1. The molecule has 1 amide bonds. The van der Waals surface area contributed by atoms with Gasteiger partial charge in [0.25, 0.3) is 5.91 Å². The molecule has 1 aliphatic heterocycles. The minimum Gasteiger partial charge on any atom is -0.399 e. The van der Waals surface area contributed by atoms with Gasteiger partial charge in [-0.05, 0) is 47.9 Å². The predicted octanol–water partition coefficient (Wildman–Crippen LogP) is 4.76. The topological polar surface area (TPSA) is 67.2 Å². The Hall–Kier alpha value is -3.53. The molecule has 0 saturated heterocycles. The van der Waals surface area contributed by atoms with Crippen molar-refractivity contribution in [2.24, 2.45) is 0 Å². The molecule has 0 aromatic heterocycles. The van der Waals surface area contributed by atoms with Gasteiger partial charge in [0.1, 0.15) is 0 Å². The van der Waals surface area contributed by atoms with E-state index in [4.69, 9.17) is 5.73 Å². The van der Waals surface area contributed by atoms with Gasteiger partial charge in [0.05, 0.1) is 11.3 Å². The van der Waals surface area contributed by atoms with Crippen molar-refractivity contribution in [3.05, 3.63) is 89.5 Å². The molecule has 0 unspecified atom stereocenters. The number of nitrogens with one attached hydrogen (secondary N) is 2. The third-order valence-corrected chi connectivity index (χ3v) is 4.73. The standard InChI is InChI=1S/C23H21N3O/c1-2-15-8-11-18(12-9-15)25-22(16-6-4-3-5-7-16)21-19-14-17(24)10-13-20(19)26-23(21)27/h3-14,25H,2,24H2,1H3,(H,26,27)/b22-21-. The number of aryl methyl sites for hydroxylation is 1. The fourth-order valence-electron chi connectivity index (χ4n) is 3.28. The van der Waals surface area contributed by atoms with Crippen LogP contribution in [0.3, 0.4) is 0 Å². The number of benzene rings is 3. The van der Waals surface area contributed by atoms with E-state index in [1.165, 1.54) is 5.56 Å². The molecule has 0 saturated carbocycles. The lowest BCUT2D eigenvalue weighted by molar-refractivity contribution is -0.110. The Morgan fingerprint density at radius 1 is 1.00 bits per heavy atom. The summed E-state index contributed by atoms with van der Waals surface area (Å²) in [5, 5.41) is 6.39. The van der Waals surface area contributed by atoms with Crippen molar-refractivity contribution in [2.45, 2.75) is 13.3 Å². The number of hydrogen-bond donors (Lipinski definition) is 3. The maximum atomic E-state index is 12.8. The smallest absolute Gasteiger partial charge is 0.258 e. The highest BCUT2D eigenvalue weighted by atomic mass is 16.2. The molecule has 0 spiro atoms. The molecule has 4 rings (SSSR count). The quantitative estimate of drug-likeness (QED) is 0.467. The van der Waals surface area contributed by atoms with Gasteiger partial charge in [-0.3, -0.25) is 4.79 Å². The summed E-state index contributed by atoms with van der Waals surface area (Å²) in [4.78, 5) is 12.8. The highest BCUT2D eigenvalue weighted by Gasteiger charge is 2.28. The average molecular weight is 355 g/mol. The van der Waals surface area contributed by atoms with Crippen LogP contribution in [0.4, 0.5) is 17.1 Å². The Balaban J connectivity index is 1.87. The Morgan fingerprint density at radius 2 is 1.74 bits per heavy atom. The largest absolute Gasteiger partial charge is 0.399 e. The Labute approximate surface area is 158 Å². The molecule has 0 atom stereocenters. The summed E-state index contributed by atoms with van der Waals surface area (Å²) in [7, 11) is 0. The summed E-state index contributed by atoms with van der Waals surface area (Å²) in [6, 6.07) is 23.6. The van der Waals surface area contributed by atoms with Gasteiger partial charge in [-0.15, -0.1) is 0 Å². The fourth-order valence-corrected chi connectivity index (χ4v) is 3.28. The van der Waals surface area contributed by atoms with Crippen LogP contribution in [-0.2, 0) is 11.2 Å². The highest BCUT2D eigenvalue weighted by molar-refractivity contribution is 6.37. The maximum Gasteiger partial charge on any atom is 0.258 e. The van der Waals surface area contributed by atoms with E-state index >= 15 is 0 Å². The van der Waals surface area contributed by atoms with Gasteiger partial charge in [-0.2, -0.15) is 0 Å². The van der Waals surface area contributed by atoms with Gasteiger partial charge < -0.3 is 16.4 Å². The highest BCUT2D eigenvalue weighted by Crippen LogP contribution is 2.38. The van der Waals surface area contributed by atoms with Crippen molar-refractivity contribution in [1.29, 1.82) is 0 Å². The fraction of sp³-hybridized carbons (Fsp3) is 0.0870. The monoisotopic (exact) mass is 355 g/mol. The van der Waals surface area contributed by atoms with Crippen LogP contribution < -0.4 is 16.4 Å². The average Bonchev–Trinajstić information content (AvgIpc) is 3.02. The number of fused-ring (bicyclic) bond motifs is 1. The van der Waals surface area contributed by atoms with E-state index < -0.39 is 0 Å². The zero-order valence-electron chi connectivity index (χ0n) is 15.1. The lowest BCUT2D eigenvalue weighted by atomic mass is 9.99. The second-order valence-electron chi connectivity index (χ2n) is 6.55. The molecular formula is C23H21N3O. The van der Waals surface area contributed by atoms with Crippen LogP contribution in [0.1, 0.15) is 23.6 Å². The van der Waals surface area contributed by atoms with Crippen LogP contribution in [0.25, 0.3) is 11.3 Å². The van der Waals surface area contributed by atoms with Gasteiger partial charge in [-0.25, -0.2) is 0 Å². The first-order valence-electron chi connectivity index (χ1n) is 9.02.